The van der Waals surface area contributed by atoms with Crippen molar-refractivity contribution in [2.75, 3.05) is 13.1 Å². The number of benzene rings is 1. The third-order valence-electron chi connectivity index (χ3n) is 4.21. The monoisotopic (exact) mass is 338 g/mol. The molecule has 9 heteroatoms. The van der Waals surface area contributed by atoms with Crippen molar-refractivity contribution in [3.05, 3.63) is 48.1 Å². The van der Waals surface area contributed by atoms with Gasteiger partial charge >= 0.3 is 5.69 Å². The van der Waals surface area contributed by atoms with Crippen molar-refractivity contribution in [2.45, 2.75) is 18.9 Å². The van der Waals surface area contributed by atoms with Crippen LogP contribution in [0.3, 0.4) is 0 Å². The topological polar surface area (TPSA) is 99.2 Å². The van der Waals surface area contributed by atoms with Gasteiger partial charge in [0.15, 0.2) is 0 Å². The van der Waals surface area contributed by atoms with Crippen LogP contribution >= 0.6 is 11.6 Å². The number of rotatable bonds is 2. The predicted molar refractivity (Wildman–Crippen MR) is 86.3 cm³/mol. The molecule has 0 bridgehead atoms. The molecule has 2 heterocycles. The lowest BCUT2D eigenvalue weighted by atomic mass is 10.1. The maximum Gasteiger partial charge on any atom is 0.331 e. The molecule has 0 atom stereocenters. The summed E-state index contributed by atoms with van der Waals surface area (Å²) in [6.45, 7) is 1.43. The lowest BCUT2D eigenvalue weighted by Crippen LogP contribution is -2.44. The van der Waals surface area contributed by atoms with Crippen LogP contribution in [-0.2, 0) is 7.05 Å². The number of hydrogen-bond acceptors (Lipinski definition) is 5. The molecular formula is C14H15ClN4O4. The summed E-state index contributed by atoms with van der Waals surface area (Å²) in [6.07, 6.45) is 1.31. The Balaban J connectivity index is 2.37. The smallest absolute Gasteiger partial charge is 0.317 e. The molecule has 3 rings (SSSR count). The summed E-state index contributed by atoms with van der Waals surface area (Å²) in [5.74, 6) is 0. The van der Waals surface area contributed by atoms with E-state index in [0.717, 1.165) is 6.07 Å². The standard InChI is InChI=1S/C14H15ClN4O4/c1-17-12-10(6-9(19(22)23)7-11(12)15)13(20)18(14(17)21)8-2-4-16-5-3-8/h6-8,16H,2-5H2,1H3. The second kappa shape index (κ2) is 5.78. The van der Waals surface area contributed by atoms with Crippen LogP contribution in [0.4, 0.5) is 5.69 Å². The Labute approximate surface area is 135 Å². The molecule has 0 spiro atoms. The molecule has 1 aliphatic heterocycles. The maximum absolute atomic E-state index is 12.8. The van der Waals surface area contributed by atoms with Gasteiger partial charge in [-0.05, 0) is 25.9 Å². The summed E-state index contributed by atoms with van der Waals surface area (Å²) < 4.78 is 2.48. The van der Waals surface area contributed by atoms with Crippen molar-refractivity contribution in [2.24, 2.45) is 7.05 Å². The van der Waals surface area contributed by atoms with Gasteiger partial charge in [-0.15, -0.1) is 0 Å². The number of nitro benzene ring substituents is 1. The average Bonchev–Trinajstić information content (AvgIpc) is 2.53. The Bertz CT molecular complexity index is 912. The van der Waals surface area contributed by atoms with Crippen LogP contribution in [0.25, 0.3) is 10.9 Å². The largest absolute Gasteiger partial charge is 0.331 e. The number of halogens is 1. The van der Waals surface area contributed by atoms with Gasteiger partial charge in [0.1, 0.15) is 0 Å². The maximum atomic E-state index is 12.8. The van der Waals surface area contributed by atoms with Gasteiger partial charge in [-0.1, -0.05) is 11.6 Å². The summed E-state index contributed by atoms with van der Waals surface area (Å²) in [6, 6.07) is 2.11. The number of nitrogens with one attached hydrogen (secondary N) is 1. The van der Waals surface area contributed by atoms with E-state index in [2.05, 4.69) is 5.32 Å². The Morgan fingerprint density at radius 3 is 2.57 bits per heavy atom. The highest BCUT2D eigenvalue weighted by atomic mass is 35.5. The first kappa shape index (κ1) is 15.7. The van der Waals surface area contributed by atoms with Crippen LogP contribution < -0.4 is 16.6 Å². The number of fused-ring (bicyclic) bond motifs is 1. The SMILES string of the molecule is Cn1c(=O)n(C2CCNCC2)c(=O)c2cc([N+](=O)[O-])cc(Cl)c21. The van der Waals surface area contributed by atoms with E-state index in [4.69, 9.17) is 11.6 Å². The molecule has 2 aromatic rings. The van der Waals surface area contributed by atoms with Crippen LogP contribution in [0, 0.1) is 10.1 Å². The minimum Gasteiger partial charge on any atom is -0.317 e. The minimum absolute atomic E-state index is 0.0170. The quantitative estimate of drug-likeness (QED) is 0.655. The zero-order valence-electron chi connectivity index (χ0n) is 12.4. The molecule has 0 aliphatic carbocycles. The van der Waals surface area contributed by atoms with Crippen LogP contribution in [0.15, 0.2) is 21.7 Å². The highest BCUT2D eigenvalue weighted by Crippen LogP contribution is 2.27. The van der Waals surface area contributed by atoms with Gasteiger partial charge in [-0.2, -0.15) is 0 Å². The van der Waals surface area contributed by atoms with E-state index in [-0.39, 0.29) is 27.7 Å². The summed E-state index contributed by atoms with van der Waals surface area (Å²) in [5, 5.41) is 14.3. The van der Waals surface area contributed by atoms with Gasteiger partial charge < -0.3 is 5.32 Å². The molecule has 1 aromatic carbocycles. The lowest BCUT2D eigenvalue weighted by Gasteiger charge is -2.25. The van der Waals surface area contributed by atoms with Crippen molar-refractivity contribution in [3.8, 4) is 0 Å². The molecule has 0 amide bonds. The number of hydrogen-bond donors (Lipinski definition) is 1. The van der Waals surface area contributed by atoms with Crippen molar-refractivity contribution in [1.29, 1.82) is 0 Å². The molecule has 1 aliphatic rings. The van der Waals surface area contributed by atoms with Crippen LogP contribution in [0.1, 0.15) is 18.9 Å². The first-order chi connectivity index (χ1) is 10.9. The van der Waals surface area contributed by atoms with Gasteiger partial charge in [-0.3, -0.25) is 24.0 Å². The predicted octanol–water partition coefficient (Wildman–Crippen LogP) is 1.19. The van der Waals surface area contributed by atoms with Crippen molar-refractivity contribution >= 4 is 28.2 Å². The number of aromatic nitrogens is 2. The molecule has 0 unspecified atom stereocenters. The normalized spacial score (nSPS) is 15.9. The third-order valence-corrected chi connectivity index (χ3v) is 4.50. The van der Waals surface area contributed by atoms with Gasteiger partial charge in [0.2, 0.25) is 0 Å². The van der Waals surface area contributed by atoms with Crippen LogP contribution in [-0.4, -0.2) is 27.1 Å². The van der Waals surface area contributed by atoms with Crippen molar-refractivity contribution in [3.63, 3.8) is 0 Å². The molecule has 0 radical (unpaired) electrons. The Morgan fingerprint density at radius 1 is 1.30 bits per heavy atom. The highest BCUT2D eigenvalue weighted by molar-refractivity contribution is 6.35. The number of non-ortho nitro benzene ring substituents is 1. The van der Waals surface area contributed by atoms with E-state index < -0.39 is 16.2 Å². The fourth-order valence-electron chi connectivity index (χ4n) is 3.05. The van der Waals surface area contributed by atoms with E-state index in [0.29, 0.717) is 25.9 Å². The van der Waals surface area contributed by atoms with Crippen molar-refractivity contribution in [1.82, 2.24) is 14.5 Å². The summed E-state index contributed by atoms with van der Waals surface area (Å²) in [7, 11) is 1.51. The number of nitrogens with zero attached hydrogens (tertiary/aromatic N) is 3. The zero-order chi connectivity index (χ0) is 16.7. The van der Waals surface area contributed by atoms with Gasteiger partial charge in [0.05, 0.1) is 20.8 Å². The molecule has 1 N–H and O–H groups in total. The summed E-state index contributed by atoms with van der Waals surface area (Å²) >= 11 is 6.07. The van der Waals surface area contributed by atoms with Crippen LogP contribution in [0.2, 0.25) is 5.02 Å². The highest BCUT2D eigenvalue weighted by Gasteiger charge is 2.23. The molecule has 1 aromatic heterocycles. The minimum atomic E-state index is -0.606. The second-order valence-electron chi connectivity index (χ2n) is 5.58. The number of aryl methyl sites for hydroxylation is 1. The fraction of sp³-hybridized carbons (Fsp3) is 0.429. The van der Waals surface area contributed by atoms with E-state index in [1.165, 1.54) is 22.2 Å². The van der Waals surface area contributed by atoms with Crippen LogP contribution in [0.5, 0.6) is 0 Å². The molecular weight excluding hydrogens is 324 g/mol. The Morgan fingerprint density at radius 2 is 1.96 bits per heavy atom. The number of piperidine rings is 1. The van der Waals surface area contributed by atoms with E-state index >= 15 is 0 Å². The molecule has 1 saturated heterocycles. The third kappa shape index (κ3) is 2.53. The lowest BCUT2D eigenvalue weighted by molar-refractivity contribution is -0.384. The Hall–Kier alpha value is -2.19. The van der Waals surface area contributed by atoms with E-state index in [9.17, 15) is 19.7 Å². The fourth-order valence-corrected chi connectivity index (χ4v) is 3.40. The molecule has 1 fully saturated rings. The van der Waals surface area contributed by atoms with E-state index in [1.54, 1.807) is 0 Å². The first-order valence-corrected chi connectivity index (χ1v) is 7.59. The summed E-state index contributed by atoms with van der Waals surface area (Å²) in [4.78, 5) is 35.8. The zero-order valence-corrected chi connectivity index (χ0v) is 13.2. The average molecular weight is 339 g/mol. The van der Waals surface area contributed by atoms with E-state index in [1.807, 2.05) is 0 Å². The second-order valence-corrected chi connectivity index (χ2v) is 5.99. The number of nitro groups is 1. The van der Waals surface area contributed by atoms with Gasteiger partial charge in [-0.25, -0.2) is 4.79 Å². The Kier molecular flexibility index (Phi) is 3.95. The molecule has 8 nitrogen and oxygen atoms in total. The molecule has 0 saturated carbocycles. The first-order valence-electron chi connectivity index (χ1n) is 7.21. The molecule has 122 valence electrons. The molecule has 23 heavy (non-hydrogen) atoms. The van der Waals surface area contributed by atoms with Gasteiger partial charge in [0.25, 0.3) is 11.2 Å². The van der Waals surface area contributed by atoms with Crippen molar-refractivity contribution < 1.29 is 4.92 Å². The summed E-state index contributed by atoms with van der Waals surface area (Å²) in [5.41, 5.74) is -1.03. The van der Waals surface area contributed by atoms with Gasteiger partial charge in [0, 0.05) is 25.2 Å².